The third-order valence-electron chi connectivity index (χ3n) is 3.51. The number of nitrogens with one attached hydrogen (secondary N) is 1. The van der Waals surface area contributed by atoms with E-state index in [1.165, 1.54) is 95.2 Å². The number of thioether (sulfide) groups is 1. The molecule has 0 amide bonds. The van der Waals surface area contributed by atoms with Gasteiger partial charge in [-0.3, -0.25) is 5.41 Å². The SMILES string of the molecule is CCCCCCCCCCCCCCCSC(=N)N. The summed E-state index contributed by atoms with van der Waals surface area (Å²) in [6, 6.07) is 0. The highest BCUT2D eigenvalue weighted by atomic mass is 32.2. The molecule has 0 aliphatic carbocycles. The van der Waals surface area contributed by atoms with Crippen LogP contribution in [0.3, 0.4) is 0 Å². The van der Waals surface area contributed by atoms with Crippen molar-refractivity contribution in [1.82, 2.24) is 0 Å². The van der Waals surface area contributed by atoms with Gasteiger partial charge in [-0.25, -0.2) is 0 Å². The summed E-state index contributed by atoms with van der Waals surface area (Å²) in [4.78, 5) is 0. The van der Waals surface area contributed by atoms with Crippen molar-refractivity contribution in [3.63, 3.8) is 0 Å². The van der Waals surface area contributed by atoms with Gasteiger partial charge in [-0.1, -0.05) is 95.7 Å². The summed E-state index contributed by atoms with van der Waals surface area (Å²) in [5, 5.41) is 7.36. The van der Waals surface area contributed by atoms with Gasteiger partial charge in [0.05, 0.1) is 0 Å². The van der Waals surface area contributed by atoms with Crippen molar-refractivity contribution in [2.75, 3.05) is 5.75 Å². The summed E-state index contributed by atoms with van der Waals surface area (Å²) in [5.74, 6) is 1.02. The monoisotopic (exact) mass is 286 g/mol. The number of rotatable bonds is 14. The average molecular weight is 287 g/mol. The average Bonchev–Trinajstić information content (AvgIpc) is 2.39. The molecule has 0 aromatic carbocycles. The minimum Gasteiger partial charge on any atom is -0.379 e. The van der Waals surface area contributed by atoms with E-state index >= 15 is 0 Å². The molecular weight excluding hydrogens is 252 g/mol. The molecule has 3 N–H and O–H groups in total. The predicted molar refractivity (Wildman–Crippen MR) is 90.1 cm³/mol. The molecule has 0 aliphatic heterocycles. The molecule has 0 bridgehead atoms. The van der Waals surface area contributed by atoms with E-state index in [0.717, 1.165) is 5.75 Å². The lowest BCUT2D eigenvalue weighted by Gasteiger charge is -2.03. The fourth-order valence-electron chi connectivity index (χ4n) is 2.30. The first-order valence-electron chi connectivity index (χ1n) is 8.24. The van der Waals surface area contributed by atoms with Crippen LogP contribution in [0.15, 0.2) is 0 Å². The van der Waals surface area contributed by atoms with Gasteiger partial charge in [-0.05, 0) is 6.42 Å². The number of nitrogens with two attached hydrogens (primary N) is 1. The molecule has 2 nitrogen and oxygen atoms in total. The summed E-state index contributed by atoms with van der Waals surface area (Å²) >= 11 is 1.48. The molecule has 0 saturated heterocycles. The van der Waals surface area contributed by atoms with Gasteiger partial charge < -0.3 is 5.73 Å². The Morgan fingerprint density at radius 1 is 0.737 bits per heavy atom. The van der Waals surface area contributed by atoms with Crippen LogP contribution < -0.4 is 5.73 Å². The Morgan fingerprint density at radius 3 is 1.47 bits per heavy atom. The van der Waals surface area contributed by atoms with E-state index in [1.807, 2.05) is 0 Å². The van der Waals surface area contributed by atoms with Crippen molar-refractivity contribution in [1.29, 1.82) is 5.41 Å². The minimum absolute atomic E-state index is 0.263. The fraction of sp³-hybridized carbons (Fsp3) is 0.938. The van der Waals surface area contributed by atoms with E-state index < -0.39 is 0 Å². The molecule has 0 unspecified atom stereocenters. The van der Waals surface area contributed by atoms with Gasteiger partial charge in [0.15, 0.2) is 5.17 Å². The van der Waals surface area contributed by atoms with Crippen molar-refractivity contribution in [3.05, 3.63) is 0 Å². The summed E-state index contributed by atoms with van der Waals surface area (Å²) in [6.45, 7) is 2.28. The Morgan fingerprint density at radius 2 is 1.11 bits per heavy atom. The smallest absolute Gasteiger partial charge is 0.151 e. The molecular formula is C16H34N2S. The number of amidine groups is 1. The third kappa shape index (κ3) is 17.8. The Kier molecular flexibility index (Phi) is 15.7. The first-order chi connectivity index (χ1) is 9.27. The highest BCUT2D eigenvalue weighted by Gasteiger charge is 1.94. The largest absolute Gasteiger partial charge is 0.379 e. The lowest BCUT2D eigenvalue weighted by molar-refractivity contribution is 0.543. The maximum Gasteiger partial charge on any atom is 0.151 e. The minimum atomic E-state index is 0.263. The molecule has 0 fully saturated rings. The Labute approximate surface area is 124 Å². The van der Waals surface area contributed by atoms with Gasteiger partial charge in [0.2, 0.25) is 0 Å². The van der Waals surface area contributed by atoms with Crippen LogP contribution in [0.5, 0.6) is 0 Å². The van der Waals surface area contributed by atoms with Crippen molar-refractivity contribution in [2.24, 2.45) is 5.73 Å². The van der Waals surface area contributed by atoms with Gasteiger partial charge >= 0.3 is 0 Å². The van der Waals surface area contributed by atoms with E-state index in [4.69, 9.17) is 11.1 Å². The van der Waals surface area contributed by atoms with E-state index in [-0.39, 0.29) is 5.17 Å². The maximum absolute atomic E-state index is 7.10. The van der Waals surface area contributed by atoms with Crippen LogP contribution >= 0.6 is 11.8 Å². The summed E-state index contributed by atoms with van der Waals surface area (Å²) in [5.41, 5.74) is 5.29. The topological polar surface area (TPSA) is 49.9 Å². The van der Waals surface area contributed by atoms with Gasteiger partial charge in [-0.2, -0.15) is 0 Å². The highest BCUT2D eigenvalue weighted by molar-refractivity contribution is 8.13. The first kappa shape index (κ1) is 18.8. The van der Waals surface area contributed by atoms with Gasteiger partial charge in [0.1, 0.15) is 0 Å². The standard InChI is InChI=1S/C16H34N2S/c1-2-3-4-5-6-7-8-9-10-11-12-13-14-15-19-16(17)18/h2-15H2,1H3,(H3,17,18). The quantitative estimate of drug-likeness (QED) is 0.244. The van der Waals surface area contributed by atoms with Crippen molar-refractivity contribution >= 4 is 16.9 Å². The lowest BCUT2D eigenvalue weighted by Crippen LogP contribution is -2.04. The second-order valence-corrected chi connectivity index (χ2v) is 6.59. The molecule has 0 rings (SSSR count). The van der Waals surface area contributed by atoms with Gasteiger partial charge in [0.25, 0.3) is 0 Å². The van der Waals surface area contributed by atoms with Gasteiger partial charge in [0, 0.05) is 5.75 Å². The predicted octanol–water partition coefficient (Wildman–Crippen LogP) is 5.70. The molecule has 19 heavy (non-hydrogen) atoms. The van der Waals surface area contributed by atoms with E-state index in [0.29, 0.717) is 0 Å². The zero-order valence-corrected chi connectivity index (χ0v) is 13.7. The zero-order chi connectivity index (χ0) is 14.2. The molecule has 3 heteroatoms. The number of hydrogen-bond acceptors (Lipinski definition) is 2. The summed E-state index contributed by atoms with van der Waals surface area (Å²) < 4.78 is 0. The molecule has 0 spiro atoms. The van der Waals surface area contributed by atoms with Crippen molar-refractivity contribution in [2.45, 2.75) is 90.4 Å². The Bertz CT molecular complexity index is 195. The highest BCUT2D eigenvalue weighted by Crippen LogP contribution is 2.13. The molecule has 114 valence electrons. The molecule has 0 aromatic heterocycles. The third-order valence-corrected chi connectivity index (χ3v) is 4.31. The Hall–Kier alpha value is -0.180. The van der Waals surface area contributed by atoms with Crippen LogP contribution in [0.1, 0.15) is 90.4 Å². The van der Waals surface area contributed by atoms with Crippen LogP contribution in [0.25, 0.3) is 0 Å². The molecule has 0 aromatic rings. The van der Waals surface area contributed by atoms with Crippen LogP contribution in [0.4, 0.5) is 0 Å². The second-order valence-electron chi connectivity index (χ2n) is 5.46. The van der Waals surface area contributed by atoms with E-state index in [9.17, 15) is 0 Å². The fourth-order valence-corrected chi connectivity index (χ4v) is 2.87. The molecule has 0 aliphatic rings. The van der Waals surface area contributed by atoms with Crippen molar-refractivity contribution < 1.29 is 0 Å². The van der Waals surface area contributed by atoms with E-state index in [1.54, 1.807) is 0 Å². The van der Waals surface area contributed by atoms with Crippen LogP contribution in [0, 0.1) is 5.41 Å². The first-order valence-corrected chi connectivity index (χ1v) is 9.22. The number of hydrogen-bond donors (Lipinski definition) is 2. The molecule has 0 heterocycles. The molecule has 0 saturated carbocycles. The normalized spacial score (nSPS) is 10.8. The van der Waals surface area contributed by atoms with E-state index in [2.05, 4.69) is 6.92 Å². The molecule has 0 atom stereocenters. The van der Waals surface area contributed by atoms with Gasteiger partial charge in [-0.15, -0.1) is 0 Å². The molecule has 0 radical (unpaired) electrons. The summed E-state index contributed by atoms with van der Waals surface area (Å²) in [7, 11) is 0. The zero-order valence-electron chi connectivity index (χ0n) is 12.9. The number of unbranched alkanes of at least 4 members (excludes halogenated alkanes) is 12. The van der Waals surface area contributed by atoms with Crippen molar-refractivity contribution in [3.8, 4) is 0 Å². The maximum atomic E-state index is 7.10. The summed E-state index contributed by atoms with van der Waals surface area (Å²) in [6.07, 6.45) is 18.1. The second kappa shape index (κ2) is 15.9. The van der Waals surface area contributed by atoms with Crippen LogP contribution in [0.2, 0.25) is 0 Å². The van der Waals surface area contributed by atoms with Crippen LogP contribution in [-0.4, -0.2) is 10.9 Å². The van der Waals surface area contributed by atoms with Crippen LogP contribution in [-0.2, 0) is 0 Å². The Balaban J connectivity index is 2.93. The lowest BCUT2D eigenvalue weighted by atomic mass is 10.1.